The number of fused-ring (bicyclic) bond motifs is 5. The molecule has 730 valence electrons. The summed E-state index contributed by atoms with van der Waals surface area (Å²) < 4.78 is 67.3. The number of piperidine rings is 1. The topological polar surface area (TPSA) is 511 Å². The SMILES string of the molecule is CO[C@H]1C[C@@H]2CC[C@@H](C)[C@@](O)(O2)C(=O)C(=O)N2CCCC[C@H]2C(=O)O[C@H]([C@H](N)C[C@@H]2CC[C@H](n3cc(COC(=O)NCCOCCOCCOCCC(=O)NCCOCCOCCOCCC(=O)NCCCCn4nc(-c5cc6cc(N)ccc6[nH]5)c5c(N)ncnc54)nn3)[C@H](OC)C2)C/C(=N/OCc2ccccc2)[C@H](C)/C=C(\C)[C@@H](O)[C@@H](O)C(=O)[C@H](C)C[C@H](C)/C=C/C=C/C=C/1C. The number of carbonyl (C=O) groups excluding carboxylic acids is 7. The van der Waals surface area contributed by atoms with Crippen molar-refractivity contribution in [3.8, 4) is 11.4 Å². The normalized spacial score (nSPS) is 26.0. The summed E-state index contributed by atoms with van der Waals surface area (Å²) in [4.78, 5) is 115. The maximum Gasteiger partial charge on any atom is 0.407 e. The number of aromatic amines is 1. The number of aliphatic hydroxyl groups excluding tert-OH is 2. The van der Waals surface area contributed by atoms with E-state index in [-0.39, 0.29) is 140 Å². The molecule has 1 aliphatic carbocycles. The predicted octanol–water partition coefficient (Wildman–Crippen LogP) is 7.96. The molecule has 2 bridgehead atoms. The third kappa shape index (κ3) is 32.2. The number of aliphatic hydroxyl groups is 3. The lowest BCUT2D eigenvalue weighted by Gasteiger charge is -2.42. The van der Waals surface area contributed by atoms with E-state index in [1.807, 2.05) is 104 Å². The number of oxime groups is 1. The highest BCUT2D eigenvalue weighted by molar-refractivity contribution is 6.39. The van der Waals surface area contributed by atoms with Crippen LogP contribution in [0.2, 0.25) is 0 Å². The molecule has 7 heterocycles. The van der Waals surface area contributed by atoms with E-state index >= 15 is 4.79 Å². The number of esters is 1. The molecule has 3 aliphatic heterocycles. The number of ketones is 2. The molecule has 10 rings (SSSR count). The first-order chi connectivity index (χ1) is 64.2. The Labute approximate surface area is 776 Å². The molecule has 2 aromatic carbocycles. The molecular weight excluding hydrogens is 1720 g/mol. The van der Waals surface area contributed by atoms with Crippen molar-refractivity contribution in [2.45, 2.75) is 225 Å². The Bertz CT molecular complexity index is 4850. The minimum Gasteiger partial charge on any atom is -0.459 e. The van der Waals surface area contributed by atoms with Gasteiger partial charge in [-0.3, -0.25) is 24.0 Å². The molecule has 38 heteroatoms. The number of nitrogen functional groups attached to an aromatic ring is 2. The number of methoxy groups -OCH3 is 2. The number of allylic oxidation sites excluding steroid dienone is 6. The summed E-state index contributed by atoms with van der Waals surface area (Å²) in [5, 5.41) is 63.7. The number of hydrogen-bond acceptors (Lipinski definition) is 31. The first-order valence-electron chi connectivity index (χ1n) is 46.5. The van der Waals surface area contributed by atoms with Gasteiger partial charge in [-0.15, -0.1) is 5.10 Å². The second-order valence-electron chi connectivity index (χ2n) is 34.8. The zero-order valence-electron chi connectivity index (χ0n) is 78.0. The Morgan fingerprint density at radius 3 is 2.13 bits per heavy atom. The number of ether oxygens (including phenoxy) is 11. The number of nitrogens with two attached hydrogens (primary N) is 3. The average molecular weight is 1860 g/mol. The van der Waals surface area contributed by atoms with Crippen molar-refractivity contribution >= 4 is 80.5 Å². The van der Waals surface area contributed by atoms with Crippen LogP contribution in [0, 0.1) is 29.6 Å². The molecule has 13 N–H and O–H groups in total. The zero-order valence-corrected chi connectivity index (χ0v) is 78.0. The fourth-order valence-electron chi connectivity index (χ4n) is 16.9. The van der Waals surface area contributed by atoms with Crippen LogP contribution in [-0.2, 0) is 105 Å². The summed E-state index contributed by atoms with van der Waals surface area (Å²) in [6.45, 7) is 15.5. The number of carbonyl (C=O) groups is 7. The van der Waals surface area contributed by atoms with Gasteiger partial charge in [-0.25, -0.2) is 28.9 Å². The number of anilines is 2. The van der Waals surface area contributed by atoms with Crippen molar-refractivity contribution in [2.75, 3.05) is 131 Å². The maximum absolute atomic E-state index is 15.1. The average Bonchev–Trinajstić information content (AvgIpc) is 1.73. The molecule has 2 saturated heterocycles. The van der Waals surface area contributed by atoms with Crippen LogP contribution < -0.4 is 33.2 Å². The highest BCUT2D eigenvalue weighted by atomic mass is 16.6. The molecule has 0 unspecified atom stereocenters. The molecule has 133 heavy (non-hydrogen) atoms. The van der Waals surface area contributed by atoms with Crippen molar-refractivity contribution < 1.29 is 106 Å². The molecule has 6 aromatic rings. The Kier molecular flexibility index (Phi) is 42.7. The van der Waals surface area contributed by atoms with Crippen molar-refractivity contribution in [3.63, 3.8) is 0 Å². The summed E-state index contributed by atoms with van der Waals surface area (Å²) in [5.74, 6) is -8.37. The van der Waals surface area contributed by atoms with Gasteiger partial charge < -0.3 is 115 Å². The van der Waals surface area contributed by atoms with E-state index in [4.69, 9.17) is 79.2 Å². The van der Waals surface area contributed by atoms with E-state index < -0.39 is 102 Å². The number of H-pyrrole nitrogens is 1. The van der Waals surface area contributed by atoms with Gasteiger partial charge in [-0.05, 0) is 144 Å². The van der Waals surface area contributed by atoms with Crippen LogP contribution in [0.3, 0.4) is 0 Å². The highest BCUT2D eigenvalue weighted by Crippen LogP contribution is 2.40. The van der Waals surface area contributed by atoms with Gasteiger partial charge in [0, 0.05) is 113 Å². The number of nitrogens with one attached hydrogen (secondary N) is 4. The fraction of sp³-hybridized carbons (Fsp3) is 0.611. The van der Waals surface area contributed by atoms with E-state index in [2.05, 4.69) is 46.4 Å². The van der Waals surface area contributed by atoms with Crippen molar-refractivity contribution in [1.29, 1.82) is 0 Å². The number of aryl methyl sites for hydroxylation is 1. The Hall–Kier alpha value is -10.3. The smallest absolute Gasteiger partial charge is 0.407 e. The van der Waals surface area contributed by atoms with Gasteiger partial charge in [0.15, 0.2) is 11.4 Å². The van der Waals surface area contributed by atoms with Crippen LogP contribution in [0.25, 0.3) is 33.3 Å². The summed E-state index contributed by atoms with van der Waals surface area (Å²) in [6.07, 6.45) is 13.7. The molecule has 1 saturated carbocycles. The maximum atomic E-state index is 15.1. The number of hydrogen-bond donors (Lipinski definition) is 10. The molecular formula is C95H138N16O22. The Morgan fingerprint density at radius 2 is 1.42 bits per heavy atom. The summed E-state index contributed by atoms with van der Waals surface area (Å²) in [5.41, 5.74) is 25.9. The van der Waals surface area contributed by atoms with E-state index in [9.17, 15) is 44.1 Å². The molecule has 38 nitrogen and oxygen atoms in total. The zero-order chi connectivity index (χ0) is 95.2. The minimum absolute atomic E-state index is 0.0129. The van der Waals surface area contributed by atoms with Crippen molar-refractivity contribution in [2.24, 2.45) is 40.5 Å². The lowest BCUT2D eigenvalue weighted by Crippen LogP contribution is -2.61. The van der Waals surface area contributed by atoms with E-state index in [0.29, 0.717) is 150 Å². The Morgan fingerprint density at radius 1 is 0.729 bits per heavy atom. The quantitative estimate of drug-likeness (QED) is 0.00434. The number of amides is 4. The largest absolute Gasteiger partial charge is 0.459 e. The number of rotatable bonds is 41. The van der Waals surface area contributed by atoms with Crippen LogP contribution >= 0.6 is 0 Å². The van der Waals surface area contributed by atoms with Crippen LogP contribution in [0.1, 0.15) is 162 Å². The summed E-state index contributed by atoms with van der Waals surface area (Å²) >= 11 is 0. The molecule has 4 aromatic heterocycles. The van der Waals surface area contributed by atoms with Gasteiger partial charge in [0.25, 0.3) is 11.7 Å². The number of cyclic esters (lactones) is 1. The van der Waals surface area contributed by atoms with Gasteiger partial charge in [0.1, 0.15) is 61.1 Å². The summed E-state index contributed by atoms with van der Waals surface area (Å²) in [6, 6.07) is 14.5. The first kappa shape index (κ1) is 105. The molecule has 3 fully saturated rings. The standard InChI is InChI=1S/C95H138N16O22/c1-61-19-11-9-12-20-62(2)79(122-7)55-72-27-24-66(6)95(121,133-72)89(117)92(118)109-35-17-15-23-78(109)93(119)132-80(56-75(107-131-58-67-21-13-10-14-22-67)63(3)50-65(5)87(115)88(116)86(114)64(4)49-61)73(97)51-68-25-29-77(81(52-68)123-8)111-57-71(105-108-111)59-130-94(120)101-34-40-127-44-48-129-46-42-125-38-31-83(113)100-33-39-126-43-47-128-45-41-124-37-30-82(112)99-32-16-18-36-110-91-84(90(98)102-60-103-91)85(106-110)76-54-69-53-70(96)26-28-74(69)104-76/h9-14,19-22,26,28,50,53-54,57,60-61,63-64,66,68,72-73,77-81,87-88,104,115-116,121H,15-18,23-25,27,29-49,51-52,55-56,58-59,96-97H2,1-8H3,(H,99,112)(H,100,113)(H,101,120)(H2,98,102,103)/b12-9+,19-11+,62-20+,65-50+,107-75-/t61-,63-,64-,66-,68+,72+,73-,77+,78+,79+,80+,81-,87-,88+,95-/m1/s1. The summed E-state index contributed by atoms with van der Waals surface area (Å²) in [7, 11) is 3.16. The van der Waals surface area contributed by atoms with E-state index in [0.717, 1.165) is 40.6 Å². The number of unbranched alkanes of at least 4 members (excludes halogenated alkanes) is 1. The lowest BCUT2D eigenvalue weighted by atomic mass is 9.79. The monoisotopic (exact) mass is 1860 g/mol. The van der Waals surface area contributed by atoms with Gasteiger partial charge >= 0.3 is 12.1 Å². The molecule has 0 radical (unpaired) electrons. The first-order valence-corrected chi connectivity index (χ1v) is 46.5. The van der Waals surface area contributed by atoms with Crippen LogP contribution in [0.5, 0.6) is 0 Å². The van der Waals surface area contributed by atoms with Crippen molar-refractivity contribution in [1.82, 2.24) is 60.6 Å². The molecule has 0 spiro atoms. The minimum atomic E-state index is -2.51. The lowest BCUT2D eigenvalue weighted by molar-refractivity contribution is -0.265. The molecule has 4 aliphatic rings. The number of alkyl carbamates (subject to hydrolysis) is 1. The third-order valence-corrected chi connectivity index (χ3v) is 24.6. The number of aromatic nitrogens is 8. The van der Waals surface area contributed by atoms with Crippen LogP contribution in [0.15, 0.2) is 120 Å². The van der Waals surface area contributed by atoms with Gasteiger partial charge in [-0.1, -0.05) is 105 Å². The van der Waals surface area contributed by atoms with Crippen LogP contribution in [0.4, 0.5) is 16.3 Å². The third-order valence-electron chi connectivity index (χ3n) is 24.6. The number of Topliss-reactive ketones (excluding diaryl/α,β-unsaturated/α-hetero) is 2. The second kappa shape index (κ2) is 54.3. The highest BCUT2D eigenvalue weighted by Gasteiger charge is 2.53. The number of benzene rings is 2. The number of nitrogens with zero attached hydrogens (tertiary/aromatic N) is 9. The fourth-order valence-corrected chi connectivity index (χ4v) is 16.9. The van der Waals surface area contributed by atoms with Gasteiger partial charge in [-0.2, -0.15) is 5.10 Å². The Balaban J connectivity index is 0.601. The van der Waals surface area contributed by atoms with E-state index in [1.54, 1.807) is 58.9 Å². The van der Waals surface area contributed by atoms with Gasteiger partial charge in [0.2, 0.25) is 17.6 Å². The van der Waals surface area contributed by atoms with Crippen LogP contribution in [-0.4, -0.2) is 281 Å². The van der Waals surface area contributed by atoms with E-state index in [1.165, 1.54) is 11.2 Å². The second-order valence-corrected chi connectivity index (χ2v) is 34.8. The predicted molar refractivity (Wildman–Crippen MR) is 495 cm³/mol. The molecule has 15 atom stereocenters. The molecule has 4 amide bonds. The van der Waals surface area contributed by atoms with Gasteiger partial charge in [0.05, 0.1) is 127 Å². The van der Waals surface area contributed by atoms with Crippen molar-refractivity contribution in [3.05, 3.63) is 126 Å².